The Morgan fingerprint density at radius 2 is 1.54 bits per heavy atom. The third-order valence-corrected chi connectivity index (χ3v) is 6.53. The summed E-state index contributed by atoms with van der Waals surface area (Å²) in [4.78, 5) is 0. The molecular formula is C29H30BF3O2. The average molecular weight is 478 g/mol. The van der Waals surface area contributed by atoms with Crippen molar-refractivity contribution in [2.75, 3.05) is 13.2 Å². The molecule has 0 N–H and O–H groups in total. The van der Waals surface area contributed by atoms with Crippen molar-refractivity contribution in [2.24, 2.45) is 5.92 Å². The summed E-state index contributed by atoms with van der Waals surface area (Å²) < 4.78 is 55.8. The number of hydrogen-bond donors (Lipinski definition) is 0. The minimum absolute atomic E-state index is 0.194. The number of halogens is 3. The van der Waals surface area contributed by atoms with E-state index in [0.29, 0.717) is 53.4 Å². The minimum atomic E-state index is -0.852. The lowest BCUT2D eigenvalue weighted by atomic mass is 9.92. The van der Waals surface area contributed by atoms with E-state index in [-0.39, 0.29) is 11.4 Å². The van der Waals surface area contributed by atoms with E-state index >= 15 is 0 Å². The summed E-state index contributed by atoms with van der Waals surface area (Å²) in [6, 6.07) is 15.0. The molecule has 1 aliphatic heterocycles. The van der Waals surface area contributed by atoms with Gasteiger partial charge in [-0.25, -0.2) is 13.2 Å². The molecule has 182 valence electrons. The van der Waals surface area contributed by atoms with Crippen molar-refractivity contribution in [3.05, 3.63) is 95.3 Å². The molecule has 3 aromatic carbocycles. The number of hydrogen-bond acceptors (Lipinski definition) is 2. The molecule has 0 bridgehead atoms. The van der Waals surface area contributed by atoms with Crippen molar-refractivity contribution >= 4 is 7.85 Å². The van der Waals surface area contributed by atoms with E-state index in [0.717, 1.165) is 19.2 Å². The molecule has 2 nitrogen and oxygen atoms in total. The Morgan fingerprint density at radius 1 is 0.886 bits per heavy atom. The predicted octanol–water partition coefficient (Wildman–Crippen LogP) is 7.05. The van der Waals surface area contributed by atoms with Crippen LogP contribution in [0.2, 0.25) is 6.32 Å². The van der Waals surface area contributed by atoms with Crippen molar-refractivity contribution in [2.45, 2.75) is 38.8 Å². The molecular weight excluding hydrogens is 448 g/mol. The molecule has 0 unspecified atom stereocenters. The third kappa shape index (κ3) is 5.88. The highest BCUT2D eigenvalue weighted by Gasteiger charge is 2.23. The molecule has 1 heterocycles. The highest BCUT2D eigenvalue weighted by atomic mass is 19.2. The fourth-order valence-corrected chi connectivity index (χ4v) is 4.30. The molecule has 0 amide bonds. The zero-order valence-electron chi connectivity index (χ0n) is 20.2. The van der Waals surface area contributed by atoms with E-state index in [9.17, 15) is 13.2 Å². The lowest BCUT2D eigenvalue weighted by Crippen LogP contribution is -2.26. The van der Waals surface area contributed by atoms with Gasteiger partial charge in [0.15, 0.2) is 17.9 Å². The van der Waals surface area contributed by atoms with E-state index in [4.69, 9.17) is 9.47 Å². The highest BCUT2D eigenvalue weighted by molar-refractivity contribution is 6.08. The van der Waals surface area contributed by atoms with E-state index in [1.807, 2.05) is 19.1 Å². The molecule has 0 aliphatic carbocycles. The van der Waals surface area contributed by atoms with Gasteiger partial charge in [-0.1, -0.05) is 67.0 Å². The Morgan fingerprint density at radius 3 is 2.17 bits per heavy atom. The number of ether oxygens (including phenoxy) is 2. The molecule has 35 heavy (non-hydrogen) atoms. The van der Waals surface area contributed by atoms with Crippen LogP contribution < -0.4 is 0 Å². The predicted molar refractivity (Wildman–Crippen MR) is 136 cm³/mol. The minimum Gasteiger partial charge on any atom is -0.348 e. The second kappa shape index (κ2) is 11.7. The summed E-state index contributed by atoms with van der Waals surface area (Å²) in [5.41, 5.74) is 2.82. The monoisotopic (exact) mass is 478 g/mol. The Kier molecular flexibility index (Phi) is 8.48. The van der Waals surface area contributed by atoms with Crippen LogP contribution in [-0.2, 0) is 15.9 Å². The zero-order chi connectivity index (χ0) is 24.8. The van der Waals surface area contributed by atoms with Crippen LogP contribution in [0.5, 0.6) is 0 Å². The summed E-state index contributed by atoms with van der Waals surface area (Å²) in [7, 11) is 2.09. The SMILES string of the molecule is BCC1COC(c2ccc(-c3ccc(-c4ccc(CCC/C=C\C)c(F)c4F)cc3)c(F)c2)OC1. The first-order chi connectivity index (χ1) is 17.0. The van der Waals surface area contributed by atoms with E-state index in [1.165, 1.54) is 6.07 Å². The molecule has 0 radical (unpaired) electrons. The number of allylic oxidation sites excluding steroid dienone is 2. The molecule has 1 saturated heterocycles. The smallest absolute Gasteiger partial charge is 0.183 e. The van der Waals surface area contributed by atoms with Gasteiger partial charge in [-0.3, -0.25) is 0 Å². The van der Waals surface area contributed by atoms with Crippen LogP contribution >= 0.6 is 0 Å². The normalized spacial score (nSPS) is 18.3. The van der Waals surface area contributed by atoms with Crippen LogP contribution in [0.25, 0.3) is 22.3 Å². The zero-order valence-corrected chi connectivity index (χ0v) is 20.2. The largest absolute Gasteiger partial charge is 0.348 e. The van der Waals surface area contributed by atoms with Crippen molar-refractivity contribution in [3.63, 3.8) is 0 Å². The standard InChI is InChI=1S/C29H30BF3O2/c1-2-3-4-5-6-22-11-14-25(28(33)27(22)32)21-9-7-20(8-10-21)24-13-12-23(15-26(24)31)29-34-17-19(16-30)18-35-29/h2-3,7-15,19,29H,4-6,16-18,30H2,1H3/b3-2-. The topological polar surface area (TPSA) is 18.5 Å². The highest BCUT2D eigenvalue weighted by Crippen LogP contribution is 2.33. The first kappa shape index (κ1) is 25.3. The van der Waals surface area contributed by atoms with Gasteiger partial charge in [0.2, 0.25) is 0 Å². The van der Waals surface area contributed by atoms with Crippen LogP contribution in [0, 0.1) is 23.4 Å². The second-order valence-electron chi connectivity index (χ2n) is 8.95. The fourth-order valence-electron chi connectivity index (χ4n) is 4.30. The Bertz CT molecular complexity index is 1170. The van der Waals surface area contributed by atoms with E-state index < -0.39 is 17.9 Å². The lowest BCUT2D eigenvalue weighted by Gasteiger charge is -2.29. The molecule has 0 spiro atoms. The first-order valence-corrected chi connectivity index (χ1v) is 12.2. The Labute approximate surface area is 206 Å². The summed E-state index contributed by atoms with van der Waals surface area (Å²) in [6.07, 6.45) is 6.46. The van der Waals surface area contributed by atoms with Gasteiger partial charge in [0.25, 0.3) is 0 Å². The maximum absolute atomic E-state index is 14.9. The van der Waals surface area contributed by atoms with E-state index in [1.54, 1.807) is 48.5 Å². The first-order valence-electron chi connectivity index (χ1n) is 12.2. The van der Waals surface area contributed by atoms with Crippen molar-refractivity contribution < 1.29 is 22.6 Å². The van der Waals surface area contributed by atoms with Gasteiger partial charge < -0.3 is 9.47 Å². The average Bonchev–Trinajstić information content (AvgIpc) is 2.89. The summed E-state index contributed by atoms with van der Waals surface area (Å²) in [5, 5.41) is 0. The number of benzene rings is 3. The van der Waals surface area contributed by atoms with Crippen LogP contribution in [0.3, 0.4) is 0 Å². The maximum Gasteiger partial charge on any atom is 0.183 e. The van der Waals surface area contributed by atoms with E-state index in [2.05, 4.69) is 7.85 Å². The van der Waals surface area contributed by atoms with Gasteiger partial charge in [-0.15, -0.1) is 0 Å². The molecule has 6 heteroatoms. The summed E-state index contributed by atoms with van der Waals surface area (Å²) >= 11 is 0. The third-order valence-electron chi connectivity index (χ3n) is 6.53. The Balaban J connectivity index is 1.49. The number of rotatable bonds is 8. The number of aryl methyl sites for hydroxylation is 1. The van der Waals surface area contributed by atoms with Crippen molar-refractivity contribution in [1.29, 1.82) is 0 Å². The van der Waals surface area contributed by atoms with Crippen LogP contribution in [0.15, 0.2) is 66.7 Å². The summed E-state index contributed by atoms with van der Waals surface area (Å²) in [5.74, 6) is -1.67. The van der Waals surface area contributed by atoms with Gasteiger partial charge in [0.05, 0.1) is 13.2 Å². The van der Waals surface area contributed by atoms with Gasteiger partial charge >= 0.3 is 0 Å². The molecule has 4 rings (SSSR count). The molecule has 0 saturated carbocycles. The molecule has 1 aliphatic rings. The van der Waals surface area contributed by atoms with Crippen LogP contribution in [-0.4, -0.2) is 21.1 Å². The van der Waals surface area contributed by atoms with Gasteiger partial charge in [0.1, 0.15) is 13.7 Å². The van der Waals surface area contributed by atoms with Crippen LogP contribution in [0.4, 0.5) is 13.2 Å². The van der Waals surface area contributed by atoms with Gasteiger partial charge in [-0.2, -0.15) is 0 Å². The fraction of sp³-hybridized carbons (Fsp3) is 0.310. The van der Waals surface area contributed by atoms with Crippen molar-refractivity contribution in [3.8, 4) is 22.3 Å². The van der Waals surface area contributed by atoms with Gasteiger partial charge in [0, 0.05) is 16.7 Å². The molecule has 1 fully saturated rings. The maximum atomic E-state index is 14.9. The second-order valence-corrected chi connectivity index (χ2v) is 8.95. The molecule has 0 atom stereocenters. The summed E-state index contributed by atoms with van der Waals surface area (Å²) in [6.45, 7) is 3.13. The quantitative estimate of drug-likeness (QED) is 0.196. The van der Waals surface area contributed by atoms with Crippen LogP contribution in [0.1, 0.15) is 37.2 Å². The molecule has 0 aromatic heterocycles. The Hall–Kier alpha value is -2.83. The number of unbranched alkanes of at least 4 members (excludes halogenated alkanes) is 1. The lowest BCUT2D eigenvalue weighted by molar-refractivity contribution is -0.202. The van der Waals surface area contributed by atoms with Gasteiger partial charge in [-0.05, 0) is 54.9 Å². The molecule has 3 aromatic rings. The van der Waals surface area contributed by atoms with Crippen molar-refractivity contribution in [1.82, 2.24) is 0 Å².